The maximum absolute atomic E-state index is 5.39. The smallest absolute Gasteiger partial charge is 0.194 e. The van der Waals surface area contributed by atoms with Crippen LogP contribution in [0.1, 0.15) is 19.6 Å². The molecule has 0 unspecified atom stereocenters. The molecule has 0 bridgehead atoms. The second kappa shape index (κ2) is 12.5. The van der Waals surface area contributed by atoms with E-state index in [1.165, 1.54) is 6.54 Å². The molecular weight excluding hydrogens is 431 g/mol. The Kier molecular flexibility index (Phi) is 11.2. The Balaban J connectivity index is 0.00000312. The molecule has 0 saturated carbocycles. The number of ether oxygens (including phenoxy) is 1. The molecular formula is C18H33IN4O2. The third-order valence-electron chi connectivity index (χ3n) is 4.09. The molecule has 0 atom stereocenters. The van der Waals surface area contributed by atoms with Crippen LogP contribution in [0.2, 0.25) is 0 Å². The highest BCUT2D eigenvalue weighted by atomic mass is 127. The van der Waals surface area contributed by atoms with Gasteiger partial charge < -0.3 is 19.4 Å². The van der Waals surface area contributed by atoms with Crippen molar-refractivity contribution >= 4 is 29.9 Å². The van der Waals surface area contributed by atoms with E-state index < -0.39 is 0 Å². The van der Waals surface area contributed by atoms with E-state index in [-0.39, 0.29) is 24.0 Å². The molecule has 25 heavy (non-hydrogen) atoms. The van der Waals surface area contributed by atoms with Crippen molar-refractivity contribution in [2.45, 2.75) is 20.3 Å². The fraction of sp³-hybridized carbons (Fsp3) is 0.722. The highest BCUT2D eigenvalue weighted by Gasteiger charge is 2.20. The fourth-order valence-electron chi connectivity index (χ4n) is 2.92. The predicted octanol–water partition coefficient (Wildman–Crippen LogP) is 2.31. The van der Waals surface area contributed by atoms with Crippen molar-refractivity contribution in [3.05, 3.63) is 24.2 Å². The Hall–Kier alpha value is -0.800. The summed E-state index contributed by atoms with van der Waals surface area (Å²) in [4.78, 5) is 9.59. The number of hydrogen-bond donors (Lipinski definition) is 1. The molecule has 1 fully saturated rings. The largest absolute Gasteiger partial charge is 0.469 e. The Labute approximate surface area is 169 Å². The van der Waals surface area contributed by atoms with Crippen LogP contribution in [-0.2, 0) is 11.2 Å². The number of hydrogen-bond acceptors (Lipinski definition) is 4. The summed E-state index contributed by atoms with van der Waals surface area (Å²) in [6.07, 6.45) is 2.58. The molecule has 1 N–H and O–H groups in total. The van der Waals surface area contributed by atoms with Gasteiger partial charge in [0.15, 0.2) is 5.96 Å². The van der Waals surface area contributed by atoms with Gasteiger partial charge in [-0.25, -0.2) is 0 Å². The van der Waals surface area contributed by atoms with Gasteiger partial charge in [0.05, 0.1) is 19.4 Å². The van der Waals surface area contributed by atoms with Crippen LogP contribution in [0.5, 0.6) is 0 Å². The van der Waals surface area contributed by atoms with Gasteiger partial charge >= 0.3 is 0 Å². The number of methoxy groups -OCH3 is 1. The first-order valence-corrected chi connectivity index (χ1v) is 8.96. The van der Waals surface area contributed by atoms with Crippen molar-refractivity contribution in [3.8, 4) is 0 Å². The summed E-state index contributed by atoms with van der Waals surface area (Å²) in [6.45, 7) is 12.1. The van der Waals surface area contributed by atoms with Gasteiger partial charge in [0, 0.05) is 52.8 Å². The summed E-state index contributed by atoms with van der Waals surface area (Å²) < 4.78 is 10.5. The number of nitrogens with zero attached hydrogens (tertiary/aromatic N) is 3. The molecule has 7 heteroatoms. The Bertz CT molecular complexity index is 471. The zero-order valence-corrected chi connectivity index (χ0v) is 18.1. The van der Waals surface area contributed by atoms with Crippen LogP contribution in [0, 0.1) is 5.92 Å². The minimum atomic E-state index is 0. The van der Waals surface area contributed by atoms with Gasteiger partial charge in [0.25, 0.3) is 0 Å². The number of rotatable bonds is 8. The highest BCUT2D eigenvalue weighted by Crippen LogP contribution is 2.06. The van der Waals surface area contributed by atoms with Crippen LogP contribution in [0.25, 0.3) is 0 Å². The second-order valence-corrected chi connectivity index (χ2v) is 6.64. The predicted molar refractivity (Wildman–Crippen MR) is 113 cm³/mol. The average molecular weight is 464 g/mol. The van der Waals surface area contributed by atoms with Gasteiger partial charge in [-0.15, -0.1) is 24.0 Å². The van der Waals surface area contributed by atoms with Crippen LogP contribution in [0.3, 0.4) is 0 Å². The van der Waals surface area contributed by atoms with Crippen molar-refractivity contribution < 1.29 is 9.15 Å². The summed E-state index contributed by atoms with van der Waals surface area (Å²) in [5.41, 5.74) is 0. The summed E-state index contributed by atoms with van der Waals surface area (Å²) >= 11 is 0. The first-order chi connectivity index (χ1) is 11.7. The Morgan fingerprint density at radius 2 is 2.08 bits per heavy atom. The van der Waals surface area contributed by atoms with Crippen molar-refractivity contribution in [3.63, 3.8) is 0 Å². The third-order valence-corrected chi connectivity index (χ3v) is 4.09. The van der Waals surface area contributed by atoms with Crippen LogP contribution in [0.15, 0.2) is 27.8 Å². The molecule has 0 spiro atoms. The van der Waals surface area contributed by atoms with E-state index in [0.717, 1.165) is 56.8 Å². The monoisotopic (exact) mass is 464 g/mol. The standard InChI is InChI=1S/C18H32N4O2.HI/c1-16(2)15-21-9-11-22(12-10-21)18(20-8-14-23-3)19-7-6-17-5-4-13-24-17;/h4-5,13,16H,6-12,14-15H2,1-3H3,(H,19,20);1H. The molecule has 1 aliphatic rings. The van der Waals surface area contributed by atoms with E-state index in [1.807, 2.05) is 12.1 Å². The van der Waals surface area contributed by atoms with Gasteiger partial charge in [-0.3, -0.25) is 9.89 Å². The lowest BCUT2D eigenvalue weighted by atomic mass is 10.2. The van der Waals surface area contributed by atoms with Crippen LogP contribution < -0.4 is 5.32 Å². The molecule has 0 aliphatic carbocycles. The zero-order valence-electron chi connectivity index (χ0n) is 15.7. The van der Waals surface area contributed by atoms with E-state index in [0.29, 0.717) is 13.2 Å². The lowest BCUT2D eigenvalue weighted by molar-refractivity contribution is 0.163. The molecule has 2 rings (SSSR count). The quantitative estimate of drug-likeness (QED) is 0.277. The number of nitrogens with one attached hydrogen (secondary N) is 1. The van der Waals surface area contributed by atoms with Crippen molar-refractivity contribution in [2.24, 2.45) is 10.9 Å². The first kappa shape index (κ1) is 22.2. The highest BCUT2D eigenvalue weighted by molar-refractivity contribution is 14.0. The summed E-state index contributed by atoms with van der Waals surface area (Å²) in [5.74, 6) is 2.71. The molecule has 0 amide bonds. The molecule has 6 nitrogen and oxygen atoms in total. The number of halogens is 1. The number of piperazine rings is 1. The first-order valence-electron chi connectivity index (χ1n) is 8.96. The van der Waals surface area contributed by atoms with E-state index >= 15 is 0 Å². The molecule has 0 aromatic carbocycles. The maximum atomic E-state index is 5.39. The van der Waals surface area contributed by atoms with E-state index in [9.17, 15) is 0 Å². The summed E-state index contributed by atoms with van der Waals surface area (Å²) in [6, 6.07) is 3.94. The maximum Gasteiger partial charge on any atom is 0.194 e. The van der Waals surface area contributed by atoms with Crippen LogP contribution in [-0.4, -0.2) is 75.3 Å². The zero-order chi connectivity index (χ0) is 17.2. The van der Waals surface area contributed by atoms with Crippen molar-refractivity contribution in [2.75, 3.05) is 59.5 Å². The molecule has 1 aromatic heterocycles. The van der Waals surface area contributed by atoms with E-state index in [1.54, 1.807) is 13.4 Å². The van der Waals surface area contributed by atoms with E-state index in [4.69, 9.17) is 14.1 Å². The topological polar surface area (TPSA) is 53.2 Å². The number of furan rings is 1. The van der Waals surface area contributed by atoms with Gasteiger partial charge in [0.2, 0.25) is 0 Å². The number of guanidine groups is 1. The van der Waals surface area contributed by atoms with Crippen molar-refractivity contribution in [1.82, 2.24) is 15.1 Å². The average Bonchev–Trinajstić information content (AvgIpc) is 3.07. The minimum Gasteiger partial charge on any atom is -0.469 e. The lowest BCUT2D eigenvalue weighted by Gasteiger charge is -2.37. The van der Waals surface area contributed by atoms with Gasteiger partial charge in [0.1, 0.15) is 5.76 Å². The third kappa shape index (κ3) is 8.42. The number of aliphatic imine (C=N–C) groups is 1. The SMILES string of the molecule is COCCN=C(NCCc1ccco1)N1CCN(CC(C)C)CC1.I. The van der Waals surface area contributed by atoms with E-state index in [2.05, 4.69) is 29.0 Å². The molecule has 1 saturated heterocycles. The fourth-order valence-corrected chi connectivity index (χ4v) is 2.92. The molecule has 1 aliphatic heterocycles. The Morgan fingerprint density at radius 1 is 1.32 bits per heavy atom. The minimum absolute atomic E-state index is 0. The van der Waals surface area contributed by atoms with Gasteiger partial charge in [-0.1, -0.05) is 13.8 Å². The van der Waals surface area contributed by atoms with Crippen LogP contribution in [0.4, 0.5) is 0 Å². The molecule has 144 valence electrons. The molecule has 2 heterocycles. The van der Waals surface area contributed by atoms with Crippen molar-refractivity contribution in [1.29, 1.82) is 0 Å². The lowest BCUT2D eigenvalue weighted by Crippen LogP contribution is -2.53. The normalized spacial score (nSPS) is 16.2. The van der Waals surface area contributed by atoms with Crippen LogP contribution >= 0.6 is 24.0 Å². The molecule has 0 radical (unpaired) electrons. The summed E-state index contributed by atoms with van der Waals surface area (Å²) in [7, 11) is 1.71. The molecule has 1 aromatic rings. The summed E-state index contributed by atoms with van der Waals surface area (Å²) in [5, 5.41) is 3.48. The second-order valence-electron chi connectivity index (χ2n) is 6.64. The van der Waals surface area contributed by atoms with Gasteiger partial charge in [-0.05, 0) is 18.1 Å². The Morgan fingerprint density at radius 3 is 2.68 bits per heavy atom. The van der Waals surface area contributed by atoms with Gasteiger partial charge in [-0.2, -0.15) is 0 Å².